The van der Waals surface area contributed by atoms with E-state index < -0.39 is 5.66 Å². The van der Waals surface area contributed by atoms with E-state index in [2.05, 4.69) is 32.7 Å². The molecule has 2 bridgehead atoms. The van der Waals surface area contributed by atoms with Crippen LogP contribution in [0, 0.1) is 17.8 Å². The Kier molecular flexibility index (Phi) is 5.65. The van der Waals surface area contributed by atoms with Crippen molar-refractivity contribution in [1.82, 2.24) is 20.4 Å². The number of amides is 2. The van der Waals surface area contributed by atoms with Gasteiger partial charge in [-0.1, -0.05) is 19.1 Å². The summed E-state index contributed by atoms with van der Waals surface area (Å²) in [4.78, 5) is 30.7. The van der Waals surface area contributed by atoms with Crippen LogP contribution in [0.5, 0.6) is 0 Å². The van der Waals surface area contributed by atoms with Crippen LogP contribution in [-0.2, 0) is 4.79 Å². The fraction of sp³-hybridized carbons (Fsp3) is 0.667. The van der Waals surface area contributed by atoms with Gasteiger partial charge >= 0.3 is 0 Å². The first-order chi connectivity index (χ1) is 15.1. The van der Waals surface area contributed by atoms with Gasteiger partial charge in [-0.05, 0) is 50.3 Å². The quantitative estimate of drug-likeness (QED) is 0.670. The predicted octanol–water partition coefficient (Wildman–Crippen LogP) is 1.73. The van der Waals surface area contributed by atoms with Crippen molar-refractivity contribution in [2.24, 2.45) is 17.8 Å². The Hall–Kier alpha value is -2.12. The van der Waals surface area contributed by atoms with Gasteiger partial charge in [0.15, 0.2) is 0 Å². The summed E-state index contributed by atoms with van der Waals surface area (Å²) in [6.07, 6.45) is 3.81. The normalized spacial score (nSPS) is 32.9. The van der Waals surface area contributed by atoms with Crippen LogP contribution in [0.15, 0.2) is 24.3 Å². The van der Waals surface area contributed by atoms with Crippen molar-refractivity contribution in [2.45, 2.75) is 38.3 Å². The maximum atomic E-state index is 13.0. The van der Waals surface area contributed by atoms with Gasteiger partial charge in [-0.25, -0.2) is 0 Å². The van der Waals surface area contributed by atoms with Crippen molar-refractivity contribution >= 4 is 17.5 Å². The van der Waals surface area contributed by atoms with Gasteiger partial charge in [-0.15, -0.1) is 0 Å². The number of hydrogen-bond donors (Lipinski definition) is 3. The number of fused-ring (bicyclic) bond motifs is 3. The molecule has 1 aromatic rings. The lowest BCUT2D eigenvalue weighted by Gasteiger charge is -2.56. The molecule has 0 radical (unpaired) electrons. The van der Waals surface area contributed by atoms with Gasteiger partial charge in [0.25, 0.3) is 5.91 Å². The summed E-state index contributed by atoms with van der Waals surface area (Å²) in [6.45, 7) is 9.43. The van der Waals surface area contributed by atoms with Gasteiger partial charge in [-0.3, -0.25) is 14.5 Å². The number of para-hydroxylation sites is 1. The van der Waals surface area contributed by atoms with E-state index in [1.165, 1.54) is 0 Å². The van der Waals surface area contributed by atoms with Gasteiger partial charge in [0.05, 0.1) is 5.56 Å². The highest BCUT2D eigenvalue weighted by Gasteiger charge is 2.55. The van der Waals surface area contributed by atoms with Gasteiger partial charge in [0.2, 0.25) is 5.91 Å². The molecule has 3 N–H and O–H groups in total. The molecule has 7 nitrogen and oxygen atoms in total. The molecule has 2 aliphatic heterocycles. The van der Waals surface area contributed by atoms with Gasteiger partial charge < -0.3 is 20.9 Å². The van der Waals surface area contributed by atoms with Crippen molar-refractivity contribution in [3.8, 4) is 0 Å². The van der Waals surface area contributed by atoms with E-state index in [0.717, 1.165) is 77.2 Å². The summed E-state index contributed by atoms with van der Waals surface area (Å²) in [5, 5.41) is 10.2. The number of likely N-dealkylation sites (N-methyl/N-ethyl adjacent to an activating group) is 1. The molecule has 31 heavy (non-hydrogen) atoms. The Morgan fingerprint density at radius 3 is 2.65 bits per heavy atom. The Morgan fingerprint density at radius 1 is 1.13 bits per heavy atom. The van der Waals surface area contributed by atoms with E-state index in [0.29, 0.717) is 11.5 Å². The molecule has 2 amide bonds. The minimum absolute atomic E-state index is 0.00562. The summed E-state index contributed by atoms with van der Waals surface area (Å²) >= 11 is 0. The van der Waals surface area contributed by atoms with E-state index in [9.17, 15) is 9.59 Å². The van der Waals surface area contributed by atoms with E-state index in [1.807, 2.05) is 24.3 Å². The molecule has 3 unspecified atom stereocenters. The molecular formula is C24H35N5O2. The fourth-order valence-electron chi connectivity index (χ4n) is 6.26. The molecule has 7 heteroatoms. The molecule has 4 fully saturated rings. The smallest absolute Gasteiger partial charge is 0.255 e. The zero-order valence-electron chi connectivity index (χ0n) is 18.5. The molecule has 1 spiro atoms. The van der Waals surface area contributed by atoms with Gasteiger partial charge in [-0.2, -0.15) is 0 Å². The lowest BCUT2D eigenvalue weighted by Crippen LogP contribution is -2.68. The Labute approximate surface area is 184 Å². The Balaban J connectivity index is 1.16. The zero-order chi connectivity index (χ0) is 21.4. The average Bonchev–Trinajstić information content (AvgIpc) is 2.79. The number of anilines is 1. The lowest BCUT2D eigenvalue weighted by molar-refractivity contribution is -0.132. The SMILES string of the molecule is CCN1CCN(CCNC(=O)C2CC3CCC2C[C@@]32NC(=O)c3ccccc3N2)CC1. The van der Waals surface area contributed by atoms with Crippen LogP contribution in [0.1, 0.15) is 43.0 Å². The van der Waals surface area contributed by atoms with Crippen molar-refractivity contribution < 1.29 is 9.59 Å². The van der Waals surface area contributed by atoms with E-state index in [4.69, 9.17) is 0 Å². The van der Waals surface area contributed by atoms with Crippen molar-refractivity contribution in [3.05, 3.63) is 29.8 Å². The van der Waals surface area contributed by atoms with E-state index in [1.54, 1.807) is 0 Å². The van der Waals surface area contributed by atoms with Crippen molar-refractivity contribution in [1.29, 1.82) is 0 Å². The number of nitrogens with one attached hydrogen (secondary N) is 3. The van der Waals surface area contributed by atoms with Crippen LogP contribution in [0.3, 0.4) is 0 Å². The predicted molar refractivity (Wildman–Crippen MR) is 121 cm³/mol. The molecule has 3 saturated carbocycles. The topological polar surface area (TPSA) is 76.7 Å². The van der Waals surface area contributed by atoms with Crippen LogP contribution in [0.25, 0.3) is 0 Å². The summed E-state index contributed by atoms with van der Waals surface area (Å²) < 4.78 is 0. The van der Waals surface area contributed by atoms with Crippen molar-refractivity contribution in [3.63, 3.8) is 0 Å². The maximum absolute atomic E-state index is 13.0. The molecule has 5 aliphatic rings. The third-order valence-corrected chi connectivity index (χ3v) is 8.12. The van der Waals surface area contributed by atoms with Crippen LogP contribution in [0.4, 0.5) is 5.69 Å². The first kappa shape index (κ1) is 20.8. The number of nitrogens with zero attached hydrogens (tertiary/aromatic N) is 2. The number of rotatable bonds is 5. The first-order valence-electron chi connectivity index (χ1n) is 12.0. The minimum Gasteiger partial charge on any atom is -0.362 e. The largest absolute Gasteiger partial charge is 0.362 e. The van der Waals surface area contributed by atoms with Gasteiger partial charge in [0, 0.05) is 56.8 Å². The van der Waals surface area contributed by atoms with E-state index in [-0.39, 0.29) is 23.7 Å². The molecule has 1 aromatic carbocycles. The van der Waals surface area contributed by atoms with Gasteiger partial charge in [0.1, 0.15) is 5.66 Å². The second kappa shape index (κ2) is 8.43. The highest BCUT2D eigenvalue weighted by Crippen LogP contribution is 2.51. The van der Waals surface area contributed by atoms with Crippen LogP contribution in [0.2, 0.25) is 0 Å². The third-order valence-electron chi connectivity index (χ3n) is 8.12. The molecule has 4 atom stereocenters. The molecule has 6 rings (SSSR count). The van der Waals surface area contributed by atoms with Crippen LogP contribution < -0.4 is 16.0 Å². The highest BCUT2D eigenvalue weighted by molar-refractivity contribution is 6.02. The monoisotopic (exact) mass is 425 g/mol. The first-order valence-corrected chi connectivity index (χ1v) is 12.0. The van der Waals surface area contributed by atoms with Crippen molar-refractivity contribution in [2.75, 3.05) is 51.1 Å². The number of carbonyl (C=O) groups excluding carboxylic acids is 2. The van der Waals surface area contributed by atoms with Crippen LogP contribution >= 0.6 is 0 Å². The lowest BCUT2D eigenvalue weighted by atomic mass is 9.58. The highest BCUT2D eigenvalue weighted by atomic mass is 16.2. The molecule has 1 saturated heterocycles. The van der Waals surface area contributed by atoms with Crippen LogP contribution in [-0.4, -0.2) is 73.1 Å². The molecule has 2 heterocycles. The molecular weight excluding hydrogens is 390 g/mol. The molecule has 168 valence electrons. The second-order valence-corrected chi connectivity index (χ2v) is 9.74. The van der Waals surface area contributed by atoms with E-state index >= 15 is 0 Å². The number of hydrogen-bond acceptors (Lipinski definition) is 5. The number of piperazine rings is 1. The number of carbonyl (C=O) groups is 2. The standard InChI is InChI=1S/C24H35N5O2/c1-2-28-11-13-29(14-12-28)10-9-25-22(30)20-15-18-8-7-17(20)16-24(18)26-21-6-4-3-5-19(21)23(31)27-24/h3-6,17-18,20,26H,2,7-16H2,1H3,(H,25,30)(H,27,31)/t17?,18?,20?,24-/m1/s1. The molecule has 3 aliphatic carbocycles. The Morgan fingerprint density at radius 2 is 1.90 bits per heavy atom. The minimum atomic E-state index is -0.399. The number of benzene rings is 1. The molecule has 0 aromatic heterocycles. The summed E-state index contributed by atoms with van der Waals surface area (Å²) in [7, 11) is 0. The fourth-order valence-corrected chi connectivity index (χ4v) is 6.26. The Bertz CT molecular complexity index is 837. The summed E-state index contributed by atoms with van der Waals surface area (Å²) in [5.41, 5.74) is 1.23. The zero-order valence-corrected chi connectivity index (χ0v) is 18.5. The second-order valence-electron chi connectivity index (χ2n) is 9.74. The third kappa shape index (κ3) is 3.94. The summed E-state index contributed by atoms with van der Waals surface area (Å²) in [5.74, 6) is 0.881. The summed E-state index contributed by atoms with van der Waals surface area (Å²) in [6, 6.07) is 7.72. The maximum Gasteiger partial charge on any atom is 0.255 e. The average molecular weight is 426 g/mol.